The standard InChI is InChI=1S/C23H22N6O4/c1-13(30)29-18(14-7-8-19(31)20(9-14)32-2)11-21(28-29)25-23-27-26-22(33-23)10-15-12-24-17-6-4-3-5-16(15)17/h3-9,12,18,24,31H,10-11H2,1-2H3,(H,25,27,28). The number of nitrogens with zero attached hydrogens (tertiary/aromatic N) is 4. The number of phenols is 1. The van der Waals surface area contributed by atoms with E-state index in [-0.39, 0.29) is 23.7 Å². The van der Waals surface area contributed by atoms with Crippen molar-refractivity contribution in [1.29, 1.82) is 0 Å². The maximum Gasteiger partial charge on any atom is 0.344 e. The Kier molecular flexibility index (Phi) is 5.17. The van der Waals surface area contributed by atoms with E-state index in [1.54, 1.807) is 12.1 Å². The van der Waals surface area contributed by atoms with Gasteiger partial charge in [-0.25, -0.2) is 5.01 Å². The number of hydrogen-bond donors (Lipinski definition) is 3. The molecule has 0 bridgehead atoms. The first-order chi connectivity index (χ1) is 16.0. The minimum atomic E-state index is -0.329. The Labute approximate surface area is 188 Å². The van der Waals surface area contributed by atoms with Crippen molar-refractivity contribution in [3.05, 3.63) is 65.7 Å². The van der Waals surface area contributed by atoms with Crippen LogP contribution in [0.4, 0.5) is 6.01 Å². The van der Waals surface area contributed by atoms with E-state index < -0.39 is 0 Å². The van der Waals surface area contributed by atoms with Crippen LogP contribution in [-0.4, -0.2) is 44.1 Å². The molecule has 168 valence electrons. The summed E-state index contributed by atoms with van der Waals surface area (Å²) in [5.41, 5.74) is 5.91. The molecule has 1 aliphatic rings. The number of hydrazine groups is 1. The van der Waals surface area contributed by atoms with Gasteiger partial charge in [-0.05, 0) is 29.3 Å². The fraction of sp³-hybridized carbons (Fsp3) is 0.217. The molecule has 4 aromatic rings. The van der Waals surface area contributed by atoms with E-state index in [0.29, 0.717) is 30.3 Å². The van der Waals surface area contributed by atoms with Gasteiger partial charge in [0.25, 0.3) is 0 Å². The minimum Gasteiger partial charge on any atom is -0.504 e. The number of amidine groups is 1. The zero-order valence-corrected chi connectivity index (χ0v) is 18.1. The van der Waals surface area contributed by atoms with Crippen LogP contribution in [0.2, 0.25) is 0 Å². The molecule has 1 unspecified atom stereocenters. The van der Waals surface area contributed by atoms with Crippen LogP contribution >= 0.6 is 0 Å². The molecule has 1 saturated heterocycles. The lowest BCUT2D eigenvalue weighted by atomic mass is 10.0. The van der Waals surface area contributed by atoms with Crippen LogP contribution in [0.15, 0.2) is 58.1 Å². The number of aromatic hydroxyl groups is 1. The van der Waals surface area contributed by atoms with Gasteiger partial charge in [0, 0.05) is 30.4 Å². The molecule has 2 aromatic heterocycles. The van der Waals surface area contributed by atoms with Gasteiger partial charge >= 0.3 is 6.01 Å². The van der Waals surface area contributed by atoms with Crippen LogP contribution in [0.25, 0.3) is 10.9 Å². The highest BCUT2D eigenvalue weighted by Crippen LogP contribution is 2.35. The number of phenolic OH excluding ortho intramolecular Hbond substituents is 1. The first-order valence-electron chi connectivity index (χ1n) is 10.4. The molecule has 1 atom stereocenters. The molecular formula is C23H22N6O4. The van der Waals surface area contributed by atoms with E-state index in [2.05, 4.69) is 25.6 Å². The molecule has 2 aromatic carbocycles. The molecule has 0 saturated carbocycles. The number of aromatic nitrogens is 3. The van der Waals surface area contributed by atoms with Gasteiger partial charge in [0.1, 0.15) is 5.84 Å². The van der Waals surface area contributed by atoms with Gasteiger partial charge in [0.2, 0.25) is 11.8 Å². The number of nitrogens with one attached hydrogen (secondary N) is 2. The predicted molar refractivity (Wildman–Crippen MR) is 120 cm³/mol. The summed E-state index contributed by atoms with van der Waals surface area (Å²) in [7, 11) is 1.48. The van der Waals surface area contributed by atoms with Crippen molar-refractivity contribution in [2.45, 2.75) is 25.8 Å². The number of para-hydroxylation sites is 1. The highest BCUT2D eigenvalue weighted by atomic mass is 16.5. The third kappa shape index (κ3) is 3.98. The Morgan fingerprint density at radius 3 is 2.97 bits per heavy atom. The van der Waals surface area contributed by atoms with E-state index in [4.69, 9.17) is 9.15 Å². The van der Waals surface area contributed by atoms with Crippen molar-refractivity contribution in [2.24, 2.45) is 4.99 Å². The maximum absolute atomic E-state index is 12.2. The summed E-state index contributed by atoms with van der Waals surface area (Å²) in [5.74, 6) is 1.15. The lowest BCUT2D eigenvalue weighted by Gasteiger charge is -2.22. The van der Waals surface area contributed by atoms with Crippen LogP contribution in [-0.2, 0) is 11.2 Å². The first kappa shape index (κ1) is 20.6. The Hall–Kier alpha value is -4.34. The summed E-state index contributed by atoms with van der Waals surface area (Å²) in [6, 6.07) is 12.8. The Balaban J connectivity index is 1.36. The molecule has 1 fully saturated rings. The predicted octanol–water partition coefficient (Wildman–Crippen LogP) is 3.38. The number of carbonyl (C=O) groups is 1. The van der Waals surface area contributed by atoms with Gasteiger partial charge < -0.3 is 19.2 Å². The number of carbonyl (C=O) groups excluding carboxylic acids is 1. The molecule has 10 nitrogen and oxygen atoms in total. The molecule has 0 aliphatic carbocycles. The fourth-order valence-corrected chi connectivity index (χ4v) is 3.99. The van der Waals surface area contributed by atoms with Gasteiger partial charge in [-0.1, -0.05) is 29.4 Å². The maximum atomic E-state index is 12.2. The number of H-pyrrole nitrogens is 1. The van der Waals surface area contributed by atoms with Crippen LogP contribution in [0, 0.1) is 0 Å². The number of fused-ring (bicyclic) bond motifs is 1. The normalized spacial score (nSPS) is 17.0. The molecular weight excluding hydrogens is 424 g/mol. The number of aliphatic imine (C=N–C) groups is 1. The molecule has 3 N–H and O–H groups in total. The number of benzene rings is 2. The Bertz CT molecular complexity index is 1360. The van der Waals surface area contributed by atoms with Crippen molar-refractivity contribution < 1.29 is 19.1 Å². The number of amides is 1. The molecule has 0 spiro atoms. The van der Waals surface area contributed by atoms with Crippen LogP contribution in [0.1, 0.15) is 36.4 Å². The number of aromatic amines is 1. The van der Waals surface area contributed by atoms with Crippen LogP contribution < -0.4 is 10.2 Å². The minimum absolute atomic E-state index is 0.0315. The molecule has 10 heteroatoms. The van der Waals surface area contributed by atoms with E-state index >= 15 is 0 Å². The highest BCUT2D eigenvalue weighted by Gasteiger charge is 2.33. The van der Waals surface area contributed by atoms with Crippen molar-refractivity contribution >= 4 is 28.7 Å². The molecule has 3 heterocycles. The average molecular weight is 446 g/mol. The van der Waals surface area contributed by atoms with E-state index in [9.17, 15) is 9.90 Å². The quantitative estimate of drug-likeness (QED) is 0.429. The van der Waals surface area contributed by atoms with E-state index in [0.717, 1.165) is 22.0 Å². The number of methoxy groups -OCH3 is 1. The number of hydrogen-bond acceptors (Lipinski definition) is 7. The van der Waals surface area contributed by atoms with E-state index in [1.807, 2.05) is 30.5 Å². The number of rotatable bonds is 5. The van der Waals surface area contributed by atoms with Gasteiger partial charge in [-0.15, -0.1) is 5.10 Å². The van der Waals surface area contributed by atoms with Crippen LogP contribution in [0.5, 0.6) is 11.5 Å². The highest BCUT2D eigenvalue weighted by molar-refractivity contribution is 5.90. The lowest BCUT2D eigenvalue weighted by molar-refractivity contribution is -0.132. The van der Waals surface area contributed by atoms with Crippen molar-refractivity contribution in [1.82, 2.24) is 25.6 Å². The van der Waals surface area contributed by atoms with Crippen molar-refractivity contribution in [3.8, 4) is 11.5 Å². The second kappa shape index (κ2) is 8.30. The number of ether oxygens (including phenoxy) is 1. The monoisotopic (exact) mass is 446 g/mol. The first-order valence-corrected chi connectivity index (χ1v) is 10.4. The van der Waals surface area contributed by atoms with Gasteiger partial charge in [0.05, 0.1) is 19.6 Å². The third-order valence-electron chi connectivity index (χ3n) is 5.58. The topological polar surface area (TPSA) is 129 Å². The third-order valence-corrected chi connectivity index (χ3v) is 5.58. The molecule has 5 rings (SSSR count). The second-order valence-electron chi connectivity index (χ2n) is 7.73. The van der Waals surface area contributed by atoms with Gasteiger partial charge in [0.15, 0.2) is 11.5 Å². The van der Waals surface area contributed by atoms with Gasteiger partial charge in [-0.2, -0.15) is 4.99 Å². The summed E-state index contributed by atoms with van der Waals surface area (Å²) in [6.45, 7) is 1.46. The summed E-state index contributed by atoms with van der Waals surface area (Å²) >= 11 is 0. The summed E-state index contributed by atoms with van der Waals surface area (Å²) in [5, 5.41) is 20.6. The van der Waals surface area contributed by atoms with E-state index in [1.165, 1.54) is 25.1 Å². The SMILES string of the molecule is COc1cc(C2C/C(=N/c3nnc(Cc4c[nH]c5ccccc45)o3)NN2C(C)=O)ccc1O. The fourth-order valence-electron chi connectivity index (χ4n) is 3.99. The summed E-state index contributed by atoms with van der Waals surface area (Å²) in [6.07, 6.45) is 2.82. The lowest BCUT2D eigenvalue weighted by Crippen LogP contribution is -2.38. The Morgan fingerprint density at radius 2 is 2.15 bits per heavy atom. The summed E-state index contributed by atoms with van der Waals surface area (Å²) in [4.78, 5) is 19.9. The second-order valence-corrected chi connectivity index (χ2v) is 7.73. The molecule has 0 radical (unpaired) electrons. The molecule has 33 heavy (non-hydrogen) atoms. The van der Waals surface area contributed by atoms with Crippen molar-refractivity contribution in [3.63, 3.8) is 0 Å². The largest absolute Gasteiger partial charge is 0.504 e. The average Bonchev–Trinajstić information content (AvgIpc) is 3.54. The van der Waals surface area contributed by atoms with Crippen molar-refractivity contribution in [2.75, 3.05) is 7.11 Å². The molecule has 1 aliphatic heterocycles. The smallest absolute Gasteiger partial charge is 0.344 e. The zero-order valence-electron chi connectivity index (χ0n) is 18.1. The Morgan fingerprint density at radius 1 is 1.30 bits per heavy atom. The summed E-state index contributed by atoms with van der Waals surface area (Å²) < 4.78 is 10.9. The van der Waals surface area contributed by atoms with Gasteiger partial charge in [-0.3, -0.25) is 10.2 Å². The molecule has 1 amide bonds. The van der Waals surface area contributed by atoms with Crippen LogP contribution in [0.3, 0.4) is 0 Å². The zero-order chi connectivity index (χ0) is 22.9.